The number of hydrogen-bond acceptors (Lipinski definition) is 4. The van der Waals surface area contributed by atoms with Gasteiger partial charge in [-0.2, -0.15) is 5.26 Å². The van der Waals surface area contributed by atoms with E-state index in [1.807, 2.05) is 30.0 Å². The average Bonchev–Trinajstić information content (AvgIpc) is 2.69. The van der Waals surface area contributed by atoms with Crippen LogP contribution in [0.25, 0.3) is 0 Å². The van der Waals surface area contributed by atoms with Gasteiger partial charge in [-0.3, -0.25) is 0 Å². The number of halogens is 1. The molecule has 2 unspecified atom stereocenters. The number of hydrogen-bond donors (Lipinski definition) is 1. The third kappa shape index (κ3) is 3.03. The fourth-order valence-corrected chi connectivity index (χ4v) is 2.63. The molecular formula is C14H18FN3O. The van der Waals surface area contributed by atoms with E-state index in [0.29, 0.717) is 24.2 Å². The Labute approximate surface area is 112 Å². The number of anilines is 1. The minimum atomic E-state index is -0.413. The fraction of sp³-hybridized carbons (Fsp3) is 0.500. The number of nitriles is 1. The third-order valence-corrected chi connectivity index (χ3v) is 3.36. The lowest BCUT2D eigenvalue weighted by molar-refractivity contribution is 0.191. The molecule has 0 bridgehead atoms. The van der Waals surface area contributed by atoms with Crippen molar-refractivity contribution in [2.75, 3.05) is 32.1 Å². The summed E-state index contributed by atoms with van der Waals surface area (Å²) in [6.07, 6.45) is 0.266. The third-order valence-electron chi connectivity index (χ3n) is 3.36. The van der Waals surface area contributed by atoms with Gasteiger partial charge in [0.15, 0.2) is 0 Å². The highest BCUT2D eigenvalue weighted by molar-refractivity contribution is 5.60. The number of aliphatic hydroxyl groups is 1. The van der Waals surface area contributed by atoms with Crippen molar-refractivity contribution in [2.45, 2.75) is 18.6 Å². The van der Waals surface area contributed by atoms with Gasteiger partial charge in [0, 0.05) is 19.1 Å². The monoisotopic (exact) mass is 263 g/mol. The maximum atomic E-state index is 13.2. The molecule has 1 aromatic rings. The van der Waals surface area contributed by atoms with Gasteiger partial charge < -0.3 is 14.9 Å². The molecule has 5 heteroatoms. The maximum absolute atomic E-state index is 13.2. The molecule has 0 amide bonds. The molecule has 1 N–H and O–H groups in total. The lowest BCUT2D eigenvalue weighted by Gasteiger charge is -2.29. The first-order chi connectivity index (χ1) is 9.01. The van der Waals surface area contributed by atoms with Crippen molar-refractivity contribution in [3.63, 3.8) is 0 Å². The normalized spacial score (nSPS) is 22.8. The smallest absolute Gasteiger partial charge is 0.124 e. The number of rotatable bonds is 3. The van der Waals surface area contributed by atoms with Gasteiger partial charge in [0.1, 0.15) is 11.9 Å². The van der Waals surface area contributed by atoms with E-state index in [9.17, 15) is 9.50 Å². The summed E-state index contributed by atoms with van der Waals surface area (Å²) < 4.78 is 13.2. The van der Waals surface area contributed by atoms with Gasteiger partial charge in [-0.25, -0.2) is 4.39 Å². The van der Waals surface area contributed by atoms with Crippen LogP contribution in [0.4, 0.5) is 10.1 Å². The molecule has 1 aliphatic rings. The summed E-state index contributed by atoms with van der Waals surface area (Å²) in [4.78, 5) is 4.05. The second-order valence-corrected chi connectivity index (χ2v) is 5.23. The van der Waals surface area contributed by atoms with Gasteiger partial charge in [0.2, 0.25) is 0 Å². The molecule has 0 aliphatic carbocycles. The van der Waals surface area contributed by atoms with E-state index in [4.69, 9.17) is 5.26 Å². The number of likely N-dealkylation sites (N-methyl/N-ethyl adjacent to an activating group) is 1. The van der Waals surface area contributed by atoms with Gasteiger partial charge >= 0.3 is 0 Å². The van der Waals surface area contributed by atoms with E-state index in [2.05, 4.69) is 0 Å². The molecule has 1 aromatic carbocycles. The van der Waals surface area contributed by atoms with Crippen molar-refractivity contribution in [1.82, 2.24) is 4.90 Å². The highest BCUT2D eigenvalue weighted by Crippen LogP contribution is 2.29. The molecule has 0 spiro atoms. The second kappa shape index (κ2) is 5.55. The SMILES string of the molecule is CN(C)CC1CC(O)CN1c1ccc(F)cc1C#N. The van der Waals surface area contributed by atoms with Crippen LogP contribution >= 0.6 is 0 Å². The van der Waals surface area contributed by atoms with Crippen molar-refractivity contribution < 1.29 is 9.50 Å². The lowest BCUT2D eigenvalue weighted by atomic mass is 10.1. The van der Waals surface area contributed by atoms with Crippen LogP contribution in [-0.2, 0) is 0 Å². The van der Waals surface area contributed by atoms with Crippen LogP contribution in [0.5, 0.6) is 0 Å². The Bertz CT molecular complexity index is 498. The van der Waals surface area contributed by atoms with E-state index in [1.165, 1.54) is 12.1 Å². The molecule has 2 atom stereocenters. The number of benzene rings is 1. The Hall–Kier alpha value is -1.64. The Morgan fingerprint density at radius 3 is 2.89 bits per heavy atom. The van der Waals surface area contributed by atoms with Gasteiger partial charge in [-0.05, 0) is 38.7 Å². The van der Waals surface area contributed by atoms with Crippen molar-refractivity contribution in [3.05, 3.63) is 29.6 Å². The van der Waals surface area contributed by atoms with Crippen molar-refractivity contribution in [1.29, 1.82) is 5.26 Å². The molecule has 1 fully saturated rings. The first-order valence-corrected chi connectivity index (χ1v) is 6.30. The standard InChI is InChI=1S/C14H18FN3O/c1-17(2)8-12-6-13(19)9-18(12)14-4-3-11(15)5-10(14)7-16/h3-5,12-13,19H,6,8-9H2,1-2H3. The van der Waals surface area contributed by atoms with E-state index in [0.717, 1.165) is 6.54 Å². The minimum absolute atomic E-state index is 0.141. The predicted octanol–water partition coefficient (Wildman–Crippen LogP) is 1.20. The van der Waals surface area contributed by atoms with Gasteiger partial charge in [-0.15, -0.1) is 0 Å². The highest BCUT2D eigenvalue weighted by atomic mass is 19.1. The molecule has 1 heterocycles. The van der Waals surface area contributed by atoms with Crippen molar-refractivity contribution >= 4 is 5.69 Å². The Morgan fingerprint density at radius 2 is 2.26 bits per heavy atom. The summed E-state index contributed by atoms with van der Waals surface area (Å²) in [5, 5.41) is 19.0. The molecule has 0 saturated carbocycles. The molecule has 0 aromatic heterocycles. The maximum Gasteiger partial charge on any atom is 0.124 e. The summed E-state index contributed by atoms with van der Waals surface area (Å²) in [5.74, 6) is -0.413. The molecule has 1 aliphatic heterocycles. The predicted molar refractivity (Wildman–Crippen MR) is 71.4 cm³/mol. The molecule has 102 valence electrons. The van der Waals surface area contributed by atoms with Gasteiger partial charge in [0.05, 0.1) is 17.4 Å². The lowest BCUT2D eigenvalue weighted by Crippen LogP contribution is -2.38. The van der Waals surface area contributed by atoms with E-state index in [1.54, 1.807) is 6.07 Å². The minimum Gasteiger partial charge on any atom is -0.391 e. The number of β-amino-alcohol motifs (C(OH)–C–C–N with tert-alkyl or cyclic N) is 1. The van der Waals surface area contributed by atoms with Crippen LogP contribution in [0.2, 0.25) is 0 Å². The Kier molecular flexibility index (Phi) is 4.03. The summed E-state index contributed by atoms with van der Waals surface area (Å²) in [5.41, 5.74) is 1.02. The summed E-state index contributed by atoms with van der Waals surface area (Å²) in [6, 6.07) is 6.38. The first-order valence-electron chi connectivity index (χ1n) is 6.30. The zero-order valence-electron chi connectivity index (χ0n) is 11.2. The van der Waals surface area contributed by atoms with Gasteiger partial charge in [-0.1, -0.05) is 0 Å². The topological polar surface area (TPSA) is 50.5 Å². The molecule has 4 nitrogen and oxygen atoms in total. The fourth-order valence-electron chi connectivity index (χ4n) is 2.63. The largest absolute Gasteiger partial charge is 0.391 e. The summed E-state index contributed by atoms with van der Waals surface area (Å²) in [7, 11) is 3.94. The van der Waals surface area contributed by atoms with Crippen LogP contribution < -0.4 is 4.90 Å². The summed E-state index contributed by atoms with van der Waals surface area (Å²) in [6.45, 7) is 1.28. The zero-order valence-corrected chi connectivity index (χ0v) is 11.2. The van der Waals surface area contributed by atoms with Crippen molar-refractivity contribution in [3.8, 4) is 6.07 Å². The number of nitrogens with zero attached hydrogens (tertiary/aromatic N) is 3. The first kappa shape index (κ1) is 13.8. The Morgan fingerprint density at radius 1 is 1.53 bits per heavy atom. The van der Waals surface area contributed by atoms with Crippen LogP contribution in [0.1, 0.15) is 12.0 Å². The summed E-state index contributed by atoms with van der Waals surface area (Å²) >= 11 is 0. The molecule has 2 rings (SSSR count). The van der Waals surface area contributed by atoms with Crippen LogP contribution in [0.3, 0.4) is 0 Å². The molecule has 19 heavy (non-hydrogen) atoms. The van der Waals surface area contributed by atoms with E-state index < -0.39 is 11.9 Å². The van der Waals surface area contributed by atoms with E-state index in [-0.39, 0.29) is 6.04 Å². The van der Waals surface area contributed by atoms with Gasteiger partial charge in [0.25, 0.3) is 0 Å². The Balaban J connectivity index is 2.31. The molecule has 0 radical (unpaired) electrons. The molecule has 1 saturated heterocycles. The van der Waals surface area contributed by atoms with Crippen LogP contribution in [0.15, 0.2) is 18.2 Å². The average molecular weight is 263 g/mol. The van der Waals surface area contributed by atoms with Crippen LogP contribution in [-0.4, -0.2) is 49.3 Å². The number of aliphatic hydroxyl groups excluding tert-OH is 1. The van der Waals surface area contributed by atoms with E-state index >= 15 is 0 Å². The highest BCUT2D eigenvalue weighted by Gasteiger charge is 2.32. The van der Waals surface area contributed by atoms with Crippen molar-refractivity contribution in [2.24, 2.45) is 0 Å². The zero-order chi connectivity index (χ0) is 14.0. The van der Waals surface area contributed by atoms with Crippen LogP contribution in [0, 0.1) is 17.1 Å². The second-order valence-electron chi connectivity index (χ2n) is 5.23. The molecular weight excluding hydrogens is 245 g/mol. The quantitative estimate of drug-likeness (QED) is 0.890.